The number of anilines is 3. The number of rotatable bonds is 5. The first kappa shape index (κ1) is 16.5. The number of benzene rings is 1. The van der Waals surface area contributed by atoms with Crippen LogP contribution in [-0.2, 0) is 0 Å². The van der Waals surface area contributed by atoms with Gasteiger partial charge in [0.05, 0.1) is 10.6 Å². The molecule has 3 aromatic heterocycles. The summed E-state index contributed by atoms with van der Waals surface area (Å²) in [7, 11) is 0. The Bertz CT molecular complexity index is 1040. The van der Waals surface area contributed by atoms with Crippen molar-refractivity contribution in [2.24, 2.45) is 0 Å². The van der Waals surface area contributed by atoms with Crippen molar-refractivity contribution in [1.29, 1.82) is 0 Å². The Morgan fingerprint density at radius 3 is 2.65 bits per heavy atom. The van der Waals surface area contributed by atoms with Crippen LogP contribution in [0.4, 0.5) is 16.6 Å². The third-order valence-electron chi connectivity index (χ3n) is 3.82. The van der Waals surface area contributed by atoms with E-state index in [1.165, 1.54) is 22.7 Å². The Balaban J connectivity index is 1.79. The molecule has 0 atom stereocenters. The van der Waals surface area contributed by atoms with E-state index in [1.54, 1.807) is 17.2 Å². The fourth-order valence-electron chi connectivity index (χ4n) is 2.56. The smallest absolute Gasteiger partial charge is 0.217 e. The molecule has 0 unspecified atom stereocenters. The summed E-state index contributed by atoms with van der Waals surface area (Å²) in [4.78, 5) is 22.6. The highest BCUT2D eigenvalue weighted by atomic mass is 32.1. The molecule has 0 aliphatic heterocycles. The van der Waals surface area contributed by atoms with Crippen molar-refractivity contribution < 1.29 is 4.79 Å². The number of hydrogen-bond acceptors (Lipinski definition) is 7. The van der Waals surface area contributed by atoms with Crippen LogP contribution in [0, 0.1) is 6.92 Å². The molecule has 0 saturated carbocycles. The first-order chi connectivity index (χ1) is 12.6. The fourth-order valence-corrected chi connectivity index (χ4v) is 4.46. The molecule has 0 spiro atoms. The summed E-state index contributed by atoms with van der Waals surface area (Å²) in [6.07, 6.45) is 5.18. The maximum Gasteiger partial charge on any atom is 0.217 e. The van der Waals surface area contributed by atoms with E-state index in [0.29, 0.717) is 14.9 Å². The first-order valence-electron chi connectivity index (χ1n) is 7.83. The second-order valence-corrected chi connectivity index (χ2v) is 7.46. The minimum absolute atomic E-state index is 0.0857. The second-order valence-electron chi connectivity index (χ2n) is 5.56. The minimum Gasteiger partial charge on any atom is -0.382 e. The van der Waals surface area contributed by atoms with Crippen molar-refractivity contribution >= 4 is 45.1 Å². The molecule has 6 nitrogen and oxygen atoms in total. The summed E-state index contributed by atoms with van der Waals surface area (Å²) >= 11 is 2.69. The van der Waals surface area contributed by atoms with Crippen molar-refractivity contribution in [1.82, 2.24) is 14.6 Å². The van der Waals surface area contributed by atoms with Gasteiger partial charge in [-0.15, -0.1) is 11.3 Å². The number of ketones is 1. The van der Waals surface area contributed by atoms with Crippen molar-refractivity contribution in [3.05, 3.63) is 75.8 Å². The maximum absolute atomic E-state index is 12.9. The third kappa shape index (κ3) is 2.89. The molecular formula is C18H15N5OS2. The normalized spacial score (nSPS) is 10.8. The molecule has 0 amide bonds. The zero-order valence-electron chi connectivity index (χ0n) is 13.9. The van der Waals surface area contributed by atoms with Gasteiger partial charge in [-0.1, -0.05) is 29.5 Å². The van der Waals surface area contributed by atoms with E-state index in [4.69, 9.17) is 5.73 Å². The number of imidazole rings is 1. The molecule has 0 bridgehead atoms. The van der Waals surface area contributed by atoms with Crippen LogP contribution in [0.5, 0.6) is 0 Å². The van der Waals surface area contributed by atoms with Gasteiger partial charge in [0.1, 0.15) is 17.0 Å². The standard InChI is InChI=1S/C18H15N5OS2/c1-12-7-10-25-15(12)14(24)16-17(19)21-18(26-16)23(22-9-8-20-11-22)13-5-3-2-4-6-13/h2-11H,19H2,1H3. The van der Waals surface area contributed by atoms with Gasteiger partial charge >= 0.3 is 0 Å². The summed E-state index contributed by atoms with van der Waals surface area (Å²) < 4.78 is 1.80. The van der Waals surface area contributed by atoms with Crippen molar-refractivity contribution in [2.45, 2.75) is 6.92 Å². The van der Waals surface area contributed by atoms with Crippen molar-refractivity contribution in [3.8, 4) is 0 Å². The summed E-state index contributed by atoms with van der Waals surface area (Å²) in [6.45, 7) is 1.92. The van der Waals surface area contributed by atoms with E-state index >= 15 is 0 Å². The molecule has 2 N–H and O–H groups in total. The Hall–Kier alpha value is -2.97. The Labute approximate surface area is 158 Å². The number of para-hydroxylation sites is 1. The van der Waals surface area contributed by atoms with E-state index in [-0.39, 0.29) is 11.6 Å². The molecular weight excluding hydrogens is 366 g/mol. The van der Waals surface area contributed by atoms with E-state index < -0.39 is 0 Å². The minimum atomic E-state index is -0.0857. The van der Waals surface area contributed by atoms with Crippen LogP contribution in [0.25, 0.3) is 0 Å². The largest absolute Gasteiger partial charge is 0.382 e. The number of nitrogen functional groups attached to an aromatic ring is 1. The predicted octanol–water partition coefficient (Wildman–Crippen LogP) is 4.12. The van der Waals surface area contributed by atoms with Crippen molar-refractivity contribution in [3.63, 3.8) is 0 Å². The summed E-state index contributed by atoms with van der Waals surface area (Å²) in [5.41, 5.74) is 7.94. The first-order valence-corrected chi connectivity index (χ1v) is 9.53. The molecule has 3 heterocycles. The van der Waals surface area contributed by atoms with Gasteiger partial charge in [0, 0.05) is 12.4 Å². The fraction of sp³-hybridized carbons (Fsp3) is 0.0556. The number of thiophene rings is 1. The SMILES string of the molecule is Cc1ccsc1C(=O)c1sc(N(c2ccccc2)n2ccnc2)nc1N. The van der Waals surface area contributed by atoms with Crippen molar-refractivity contribution in [2.75, 3.05) is 10.7 Å². The zero-order chi connectivity index (χ0) is 18.1. The van der Waals surface area contributed by atoms with E-state index in [2.05, 4.69) is 9.97 Å². The molecule has 4 rings (SSSR count). The lowest BCUT2D eigenvalue weighted by Gasteiger charge is -2.22. The van der Waals surface area contributed by atoms with Crippen LogP contribution in [0.1, 0.15) is 20.1 Å². The number of carbonyl (C=O) groups excluding carboxylic acids is 1. The molecule has 0 saturated heterocycles. The van der Waals surface area contributed by atoms with Gasteiger partial charge in [0.2, 0.25) is 10.9 Å². The lowest BCUT2D eigenvalue weighted by molar-refractivity contribution is 0.104. The molecule has 130 valence electrons. The van der Waals surface area contributed by atoms with Crippen LogP contribution < -0.4 is 10.7 Å². The summed E-state index contributed by atoms with van der Waals surface area (Å²) in [5.74, 6) is 0.154. The zero-order valence-corrected chi connectivity index (χ0v) is 15.5. The number of hydrogen-bond donors (Lipinski definition) is 1. The van der Waals surface area contributed by atoms with Crippen LogP contribution >= 0.6 is 22.7 Å². The second kappa shape index (κ2) is 6.74. The molecule has 4 aromatic rings. The van der Waals surface area contributed by atoms with Gasteiger partial charge in [-0.05, 0) is 36.1 Å². The summed E-state index contributed by atoms with van der Waals surface area (Å²) in [5, 5.41) is 4.37. The van der Waals surface area contributed by atoms with Crippen LogP contribution in [0.3, 0.4) is 0 Å². The molecule has 1 aromatic carbocycles. The van der Waals surface area contributed by atoms with E-state index in [0.717, 1.165) is 11.3 Å². The third-order valence-corrected chi connectivity index (χ3v) is 5.88. The Kier molecular flexibility index (Phi) is 4.27. The highest BCUT2D eigenvalue weighted by Crippen LogP contribution is 2.35. The number of nitrogens with zero attached hydrogens (tertiary/aromatic N) is 4. The van der Waals surface area contributed by atoms with E-state index in [1.807, 2.05) is 59.9 Å². The Morgan fingerprint density at radius 2 is 2.00 bits per heavy atom. The summed E-state index contributed by atoms with van der Waals surface area (Å²) in [6, 6.07) is 11.7. The molecule has 0 aliphatic rings. The predicted molar refractivity (Wildman–Crippen MR) is 105 cm³/mol. The monoisotopic (exact) mass is 381 g/mol. The van der Waals surface area contributed by atoms with Crippen LogP contribution in [0.2, 0.25) is 0 Å². The van der Waals surface area contributed by atoms with Gasteiger partial charge in [-0.25, -0.2) is 19.7 Å². The molecule has 0 fully saturated rings. The molecule has 26 heavy (non-hydrogen) atoms. The molecule has 0 radical (unpaired) electrons. The van der Waals surface area contributed by atoms with E-state index in [9.17, 15) is 4.79 Å². The number of carbonyl (C=O) groups is 1. The number of thiazole rings is 1. The lowest BCUT2D eigenvalue weighted by Crippen LogP contribution is -2.22. The molecule has 8 heteroatoms. The highest BCUT2D eigenvalue weighted by Gasteiger charge is 2.24. The van der Waals surface area contributed by atoms with Crippen LogP contribution in [-0.4, -0.2) is 20.4 Å². The average Bonchev–Trinajstić information content (AvgIpc) is 3.38. The quantitative estimate of drug-likeness (QED) is 0.526. The van der Waals surface area contributed by atoms with Gasteiger partial charge in [-0.3, -0.25) is 4.79 Å². The number of nitrogens with two attached hydrogens (primary N) is 1. The van der Waals surface area contributed by atoms with Gasteiger partial charge in [-0.2, -0.15) is 0 Å². The van der Waals surface area contributed by atoms with Gasteiger partial charge < -0.3 is 5.73 Å². The van der Waals surface area contributed by atoms with Gasteiger partial charge in [0.25, 0.3) is 0 Å². The number of aromatic nitrogens is 3. The number of aryl methyl sites for hydroxylation is 1. The topological polar surface area (TPSA) is 77.0 Å². The average molecular weight is 381 g/mol. The van der Waals surface area contributed by atoms with Crippen LogP contribution in [0.15, 0.2) is 60.5 Å². The highest BCUT2D eigenvalue weighted by molar-refractivity contribution is 7.19. The molecule has 0 aliphatic carbocycles. The van der Waals surface area contributed by atoms with Gasteiger partial charge in [0.15, 0.2) is 0 Å². The lowest BCUT2D eigenvalue weighted by atomic mass is 10.2. The maximum atomic E-state index is 12.9. The Morgan fingerprint density at radius 1 is 1.19 bits per heavy atom.